The lowest BCUT2D eigenvalue weighted by Gasteiger charge is -2.08. The smallest absolute Gasteiger partial charge is 0.251 e. The minimum atomic E-state index is -0.355. The van der Waals surface area contributed by atoms with Crippen LogP contribution < -0.4 is 10.3 Å². The Morgan fingerprint density at radius 3 is 2.52 bits per heavy atom. The van der Waals surface area contributed by atoms with Crippen molar-refractivity contribution in [1.29, 1.82) is 0 Å². The second-order valence-electron chi connectivity index (χ2n) is 6.13. The molecule has 5 heteroatoms. The van der Waals surface area contributed by atoms with Crippen LogP contribution in [0.3, 0.4) is 0 Å². The quantitative estimate of drug-likeness (QED) is 0.549. The van der Waals surface area contributed by atoms with Gasteiger partial charge in [0.1, 0.15) is 23.9 Å². The maximum atomic E-state index is 11.7. The monoisotopic (exact) mass is 356 g/mol. The Kier molecular flexibility index (Phi) is 4.49. The van der Waals surface area contributed by atoms with Gasteiger partial charge in [-0.05, 0) is 34.5 Å². The summed E-state index contributed by atoms with van der Waals surface area (Å²) < 4.78 is 5.86. The summed E-state index contributed by atoms with van der Waals surface area (Å²) in [5.41, 5.74) is 1.60. The highest BCUT2D eigenvalue weighted by Gasteiger charge is 2.06. The molecule has 0 bridgehead atoms. The number of carbonyl (C=O) groups is 1. The summed E-state index contributed by atoms with van der Waals surface area (Å²) in [6.45, 7) is 0.508. The zero-order valence-electron chi connectivity index (χ0n) is 14.4. The molecule has 4 aromatic rings. The van der Waals surface area contributed by atoms with E-state index >= 15 is 0 Å². The molecule has 27 heavy (non-hydrogen) atoms. The van der Waals surface area contributed by atoms with Crippen LogP contribution in [0.15, 0.2) is 77.6 Å². The van der Waals surface area contributed by atoms with E-state index in [1.54, 1.807) is 0 Å². The fourth-order valence-corrected chi connectivity index (χ4v) is 2.88. The summed E-state index contributed by atoms with van der Waals surface area (Å²) in [7, 11) is 0. The molecule has 3 aromatic carbocycles. The van der Waals surface area contributed by atoms with Gasteiger partial charge in [0.05, 0.1) is 0 Å². The van der Waals surface area contributed by atoms with Crippen LogP contribution >= 0.6 is 0 Å². The number of aldehydes is 1. The molecule has 0 saturated carbocycles. The molecule has 0 amide bonds. The van der Waals surface area contributed by atoms with E-state index in [1.165, 1.54) is 6.07 Å². The van der Waals surface area contributed by atoms with E-state index < -0.39 is 0 Å². The molecule has 0 aliphatic carbocycles. The Bertz CT molecular complexity index is 1170. The standard InChI is InChI=1S/C22H16N2O3/c25-13-19-12-21(26)24-22(23-19)18-7-6-17-11-20(9-8-16(17)10-18)27-14-15-4-2-1-3-5-15/h1-13H,14H2,(H,23,24,26). The van der Waals surface area contributed by atoms with Crippen molar-refractivity contribution in [2.45, 2.75) is 6.61 Å². The summed E-state index contributed by atoms with van der Waals surface area (Å²) >= 11 is 0. The highest BCUT2D eigenvalue weighted by molar-refractivity contribution is 5.87. The molecule has 0 aliphatic heterocycles. The lowest BCUT2D eigenvalue weighted by atomic mass is 10.1. The van der Waals surface area contributed by atoms with Gasteiger partial charge in [0.15, 0.2) is 6.29 Å². The van der Waals surface area contributed by atoms with Crippen LogP contribution in [-0.2, 0) is 6.61 Å². The Labute approximate surface area is 155 Å². The molecule has 0 saturated heterocycles. The van der Waals surface area contributed by atoms with Gasteiger partial charge in [0.2, 0.25) is 0 Å². The fraction of sp³-hybridized carbons (Fsp3) is 0.0455. The molecule has 4 rings (SSSR count). The lowest BCUT2D eigenvalue weighted by molar-refractivity contribution is 0.111. The van der Waals surface area contributed by atoms with Gasteiger partial charge in [-0.25, -0.2) is 4.98 Å². The third-order valence-corrected chi connectivity index (χ3v) is 4.22. The Balaban J connectivity index is 1.61. The predicted octanol–water partition coefficient (Wildman–Crippen LogP) is 3.98. The van der Waals surface area contributed by atoms with E-state index in [4.69, 9.17) is 4.74 Å². The maximum absolute atomic E-state index is 11.7. The third kappa shape index (κ3) is 3.77. The number of benzene rings is 3. The van der Waals surface area contributed by atoms with Gasteiger partial charge < -0.3 is 9.72 Å². The Hall–Kier alpha value is -3.73. The molecule has 0 spiro atoms. The van der Waals surface area contributed by atoms with Gasteiger partial charge in [-0.1, -0.05) is 48.5 Å². The van der Waals surface area contributed by atoms with Crippen LogP contribution in [0.25, 0.3) is 22.2 Å². The number of carbonyl (C=O) groups excluding carboxylic acids is 1. The molecule has 0 aliphatic rings. The summed E-state index contributed by atoms with van der Waals surface area (Å²) in [5, 5.41) is 2.00. The minimum Gasteiger partial charge on any atom is -0.489 e. The second-order valence-corrected chi connectivity index (χ2v) is 6.13. The first-order chi connectivity index (χ1) is 13.2. The first-order valence-corrected chi connectivity index (χ1v) is 8.49. The summed E-state index contributed by atoms with van der Waals surface area (Å²) in [5.74, 6) is 1.16. The van der Waals surface area contributed by atoms with Crippen molar-refractivity contribution in [2.24, 2.45) is 0 Å². The number of aromatic amines is 1. The van der Waals surface area contributed by atoms with Crippen LogP contribution in [0.5, 0.6) is 5.75 Å². The number of hydrogen-bond acceptors (Lipinski definition) is 4. The number of H-pyrrole nitrogens is 1. The number of hydrogen-bond donors (Lipinski definition) is 1. The topological polar surface area (TPSA) is 72.0 Å². The van der Waals surface area contributed by atoms with Crippen molar-refractivity contribution in [2.75, 3.05) is 0 Å². The van der Waals surface area contributed by atoms with Crippen LogP contribution in [0, 0.1) is 0 Å². The Morgan fingerprint density at radius 2 is 1.70 bits per heavy atom. The van der Waals surface area contributed by atoms with E-state index in [2.05, 4.69) is 9.97 Å². The molecule has 132 valence electrons. The summed E-state index contributed by atoms with van der Waals surface area (Å²) in [6, 6.07) is 22.7. The normalized spacial score (nSPS) is 10.7. The molecule has 0 unspecified atom stereocenters. The number of ether oxygens (including phenoxy) is 1. The van der Waals surface area contributed by atoms with Gasteiger partial charge in [-0.15, -0.1) is 0 Å². The van der Waals surface area contributed by atoms with Crippen molar-refractivity contribution >= 4 is 17.1 Å². The van der Waals surface area contributed by atoms with Crippen molar-refractivity contribution in [3.8, 4) is 17.1 Å². The third-order valence-electron chi connectivity index (χ3n) is 4.22. The van der Waals surface area contributed by atoms with Crippen LogP contribution in [0.1, 0.15) is 16.1 Å². The highest BCUT2D eigenvalue weighted by Crippen LogP contribution is 2.25. The van der Waals surface area contributed by atoms with E-state index in [-0.39, 0.29) is 11.3 Å². The van der Waals surface area contributed by atoms with Gasteiger partial charge in [0.25, 0.3) is 5.56 Å². The molecule has 1 aromatic heterocycles. The molecule has 1 N–H and O–H groups in total. The summed E-state index contributed by atoms with van der Waals surface area (Å²) in [4.78, 5) is 29.4. The lowest BCUT2D eigenvalue weighted by Crippen LogP contribution is -2.09. The number of rotatable bonds is 5. The average molecular weight is 356 g/mol. The van der Waals surface area contributed by atoms with Gasteiger partial charge in [-0.2, -0.15) is 0 Å². The molecule has 0 fully saturated rings. The number of fused-ring (bicyclic) bond motifs is 1. The molecule has 0 radical (unpaired) electrons. The van der Waals surface area contributed by atoms with E-state index in [0.717, 1.165) is 27.6 Å². The number of aromatic nitrogens is 2. The molecular weight excluding hydrogens is 340 g/mol. The predicted molar refractivity (Wildman–Crippen MR) is 104 cm³/mol. The van der Waals surface area contributed by atoms with E-state index in [0.29, 0.717) is 18.7 Å². The van der Waals surface area contributed by atoms with Crippen molar-refractivity contribution in [3.05, 3.63) is 94.4 Å². The Morgan fingerprint density at radius 1 is 0.926 bits per heavy atom. The van der Waals surface area contributed by atoms with Crippen LogP contribution in [-0.4, -0.2) is 16.3 Å². The van der Waals surface area contributed by atoms with Crippen molar-refractivity contribution in [1.82, 2.24) is 9.97 Å². The fourth-order valence-electron chi connectivity index (χ4n) is 2.88. The summed E-state index contributed by atoms with van der Waals surface area (Å²) in [6.07, 6.45) is 0.566. The average Bonchev–Trinajstić information content (AvgIpc) is 2.72. The molecule has 0 atom stereocenters. The number of nitrogens with one attached hydrogen (secondary N) is 1. The zero-order valence-corrected chi connectivity index (χ0v) is 14.4. The van der Waals surface area contributed by atoms with Crippen LogP contribution in [0.2, 0.25) is 0 Å². The SMILES string of the molecule is O=Cc1cc(=O)[nH]c(-c2ccc3cc(OCc4ccccc4)ccc3c2)n1. The largest absolute Gasteiger partial charge is 0.489 e. The van der Waals surface area contributed by atoms with Gasteiger partial charge in [-0.3, -0.25) is 9.59 Å². The number of nitrogens with zero attached hydrogens (tertiary/aromatic N) is 1. The highest BCUT2D eigenvalue weighted by atomic mass is 16.5. The maximum Gasteiger partial charge on any atom is 0.251 e. The van der Waals surface area contributed by atoms with E-state index in [9.17, 15) is 9.59 Å². The first-order valence-electron chi connectivity index (χ1n) is 8.49. The molecule has 1 heterocycles. The van der Waals surface area contributed by atoms with Gasteiger partial charge >= 0.3 is 0 Å². The van der Waals surface area contributed by atoms with Gasteiger partial charge in [0, 0.05) is 11.6 Å². The molecule has 5 nitrogen and oxygen atoms in total. The molecular formula is C22H16N2O3. The minimum absolute atomic E-state index is 0.110. The van der Waals surface area contributed by atoms with Crippen molar-refractivity contribution in [3.63, 3.8) is 0 Å². The first kappa shape index (κ1) is 16.7. The van der Waals surface area contributed by atoms with Crippen molar-refractivity contribution < 1.29 is 9.53 Å². The second kappa shape index (κ2) is 7.25. The van der Waals surface area contributed by atoms with Crippen LogP contribution in [0.4, 0.5) is 0 Å². The zero-order chi connectivity index (χ0) is 18.6. The van der Waals surface area contributed by atoms with E-state index in [1.807, 2.05) is 66.7 Å².